The van der Waals surface area contributed by atoms with Crippen molar-refractivity contribution in [1.82, 2.24) is 9.88 Å². The van der Waals surface area contributed by atoms with Gasteiger partial charge in [-0.3, -0.25) is 4.90 Å². The van der Waals surface area contributed by atoms with Crippen LogP contribution in [0.2, 0.25) is 0 Å². The van der Waals surface area contributed by atoms with Gasteiger partial charge in [-0.1, -0.05) is 13.0 Å². The second-order valence-electron chi connectivity index (χ2n) is 5.26. The van der Waals surface area contributed by atoms with Gasteiger partial charge < -0.3 is 9.15 Å². The second-order valence-corrected chi connectivity index (χ2v) is 6.29. The summed E-state index contributed by atoms with van der Waals surface area (Å²) in [7, 11) is 1.66. The molecule has 0 radical (unpaired) electrons. The number of hydrogen-bond donors (Lipinski definition) is 0. The normalized spacial score (nSPS) is 11.1. The third-order valence-corrected chi connectivity index (χ3v) is 4.54. The highest BCUT2D eigenvalue weighted by Crippen LogP contribution is 2.22. The van der Waals surface area contributed by atoms with Crippen molar-refractivity contribution in [3.05, 3.63) is 58.6 Å². The number of rotatable bonds is 7. The van der Waals surface area contributed by atoms with Crippen molar-refractivity contribution < 1.29 is 9.15 Å². The van der Waals surface area contributed by atoms with E-state index in [9.17, 15) is 0 Å². The molecular formula is C18H20N2O2S. The molecule has 0 fully saturated rings. The molecular weight excluding hydrogens is 308 g/mol. The number of ether oxygens (including phenoxy) is 1. The van der Waals surface area contributed by atoms with E-state index in [4.69, 9.17) is 9.15 Å². The first kappa shape index (κ1) is 15.8. The smallest absolute Gasteiger partial charge is 0.226 e. The van der Waals surface area contributed by atoms with Gasteiger partial charge in [-0.05, 0) is 42.3 Å². The van der Waals surface area contributed by atoms with Crippen molar-refractivity contribution in [1.29, 1.82) is 0 Å². The topological polar surface area (TPSA) is 38.5 Å². The van der Waals surface area contributed by atoms with Gasteiger partial charge in [0.05, 0.1) is 12.8 Å². The van der Waals surface area contributed by atoms with E-state index in [0.717, 1.165) is 36.6 Å². The van der Waals surface area contributed by atoms with Crippen molar-refractivity contribution in [2.75, 3.05) is 13.7 Å². The fraction of sp³-hybridized carbons (Fsp3) is 0.278. The van der Waals surface area contributed by atoms with Crippen LogP contribution in [0.3, 0.4) is 0 Å². The Kier molecular flexibility index (Phi) is 5.10. The molecule has 0 spiro atoms. The molecule has 0 aliphatic rings. The highest BCUT2D eigenvalue weighted by atomic mass is 32.1. The monoisotopic (exact) mass is 328 g/mol. The molecule has 0 saturated heterocycles. The van der Waals surface area contributed by atoms with Gasteiger partial charge >= 0.3 is 0 Å². The summed E-state index contributed by atoms with van der Waals surface area (Å²) in [6.45, 7) is 4.87. The third kappa shape index (κ3) is 4.00. The Hall–Kier alpha value is -2.11. The molecule has 23 heavy (non-hydrogen) atoms. The maximum Gasteiger partial charge on any atom is 0.226 e. The summed E-state index contributed by atoms with van der Waals surface area (Å²) < 4.78 is 10.8. The molecule has 2 aromatic heterocycles. The summed E-state index contributed by atoms with van der Waals surface area (Å²) in [4.78, 5) is 8.32. The number of hydrogen-bond acceptors (Lipinski definition) is 5. The summed E-state index contributed by atoms with van der Waals surface area (Å²) in [6, 6.07) is 12.0. The quantitative estimate of drug-likeness (QED) is 0.643. The number of nitrogens with zero attached hydrogens (tertiary/aromatic N) is 2. The molecule has 3 aromatic rings. The van der Waals surface area contributed by atoms with Gasteiger partial charge in [-0.2, -0.15) is 0 Å². The lowest BCUT2D eigenvalue weighted by Gasteiger charge is -2.17. The molecule has 0 atom stereocenters. The zero-order valence-corrected chi connectivity index (χ0v) is 14.2. The third-order valence-electron chi connectivity index (χ3n) is 3.68. The van der Waals surface area contributed by atoms with Crippen molar-refractivity contribution >= 4 is 11.3 Å². The van der Waals surface area contributed by atoms with Crippen molar-refractivity contribution in [3.8, 4) is 17.2 Å². The van der Waals surface area contributed by atoms with Gasteiger partial charge in [0, 0.05) is 23.5 Å². The molecule has 0 amide bonds. The SMILES string of the molecule is CCN(Cc1coc(-c2ccc(OC)cc2)n1)Cc1cccs1. The largest absolute Gasteiger partial charge is 0.497 e. The Morgan fingerprint density at radius 3 is 2.65 bits per heavy atom. The number of benzene rings is 1. The van der Waals surface area contributed by atoms with Crippen LogP contribution < -0.4 is 4.74 Å². The summed E-state index contributed by atoms with van der Waals surface area (Å²) in [5, 5.41) is 2.11. The Labute approximate surface area is 140 Å². The first-order chi connectivity index (χ1) is 11.3. The minimum absolute atomic E-state index is 0.648. The molecule has 0 aliphatic heterocycles. The zero-order valence-electron chi connectivity index (χ0n) is 13.4. The predicted octanol–water partition coefficient (Wildman–Crippen LogP) is 4.43. The van der Waals surface area contributed by atoms with Crippen molar-refractivity contribution in [3.63, 3.8) is 0 Å². The molecule has 5 heteroatoms. The number of oxazole rings is 1. The predicted molar refractivity (Wildman–Crippen MR) is 92.6 cm³/mol. The van der Waals surface area contributed by atoms with Crippen LogP contribution in [-0.4, -0.2) is 23.5 Å². The minimum atomic E-state index is 0.648. The summed E-state index contributed by atoms with van der Waals surface area (Å²) in [5.41, 5.74) is 1.91. The highest BCUT2D eigenvalue weighted by molar-refractivity contribution is 7.09. The molecule has 120 valence electrons. The van der Waals surface area contributed by atoms with Crippen molar-refractivity contribution in [2.24, 2.45) is 0 Å². The van der Waals surface area contributed by atoms with E-state index >= 15 is 0 Å². The van der Waals surface area contributed by atoms with Gasteiger partial charge in [0.2, 0.25) is 5.89 Å². The minimum Gasteiger partial charge on any atom is -0.497 e. The maximum atomic E-state index is 5.63. The van der Waals surface area contributed by atoms with Crippen LogP contribution in [0.1, 0.15) is 17.5 Å². The molecule has 0 saturated carbocycles. The Morgan fingerprint density at radius 1 is 1.17 bits per heavy atom. The summed E-state index contributed by atoms with van der Waals surface area (Å²) >= 11 is 1.79. The van der Waals surface area contributed by atoms with E-state index in [0.29, 0.717) is 5.89 Å². The fourth-order valence-electron chi connectivity index (χ4n) is 2.38. The molecule has 0 N–H and O–H groups in total. The van der Waals surface area contributed by atoms with Crippen LogP contribution in [0.4, 0.5) is 0 Å². The molecule has 2 heterocycles. The average Bonchev–Trinajstić information content (AvgIpc) is 3.26. The molecule has 4 nitrogen and oxygen atoms in total. The van der Waals surface area contributed by atoms with Crippen LogP contribution in [0.5, 0.6) is 5.75 Å². The van der Waals surface area contributed by atoms with Gasteiger partial charge in [-0.15, -0.1) is 11.3 Å². The van der Waals surface area contributed by atoms with Gasteiger partial charge in [0.15, 0.2) is 0 Å². The first-order valence-corrected chi connectivity index (χ1v) is 8.50. The van der Waals surface area contributed by atoms with E-state index < -0.39 is 0 Å². The van der Waals surface area contributed by atoms with Gasteiger partial charge in [0.25, 0.3) is 0 Å². The van der Waals surface area contributed by atoms with Crippen LogP contribution in [0.25, 0.3) is 11.5 Å². The van der Waals surface area contributed by atoms with E-state index in [1.54, 1.807) is 24.7 Å². The summed E-state index contributed by atoms with van der Waals surface area (Å²) in [6.07, 6.45) is 1.75. The first-order valence-electron chi connectivity index (χ1n) is 7.62. The fourth-order valence-corrected chi connectivity index (χ4v) is 3.12. The van der Waals surface area contributed by atoms with Crippen LogP contribution in [-0.2, 0) is 13.1 Å². The zero-order chi connectivity index (χ0) is 16.1. The van der Waals surface area contributed by atoms with E-state index in [2.05, 4.69) is 34.3 Å². The van der Waals surface area contributed by atoms with Crippen LogP contribution in [0, 0.1) is 0 Å². The van der Waals surface area contributed by atoms with Crippen molar-refractivity contribution in [2.45, 2.75) is 20.0 Å². The Bertz CT molecular complexity index is 720. The number of aromatic nitrogens is 1. The van der Waals surface area contributed by atoms with E-state index in [-0.39, 0.29) is 0 Å². The van der Waals surface area contributed by atoms with Crippen LogP contribution >= 0.6 is 11.3 Å². The highest BCUT2D eigenvalue weighted by Gasteiger charge is 2.11. The molecule has 0 bridgehead atoms. The molecule has 0 aliphatic carbocycles. The van der Waals surface area contributed by atoms with Crippen LogP contribution in [0.15, 0.2) is 52.5 Å². The lowest BCUT2D eigenvalue weighted by atomic mass is 10.2. The average molecular weight is 328 g/mol. The summed E-state index contributed by atoms with van der Waals surface area (Å²) in [5.74, 6) is 1.48. The Balaban J connectivity index is 1.67. The number of thiophene rings is 1. The van der Waals surface area contributed by atoms with Gasteiger partial charge in [-0.25, -0.2) is 4.98 Å². The molecule has 3 rings (SSSR count). The van der Waals surface area contributed by atoms with Gasteiger partial charge in [0.1, 0.15) is 12.0 Å². The maximum absolute atomic E-state index is 5.63. The number of methoxy groups -OCH3 is 1. The molecule has 1 aromatic carbocycles. The van der Waals surface area contributed by atoms with E-state index in [1.165, 1.54) is 4.88 Å². The standard InChI is InChI=1S/C18H20N2O2S/c1-3-20(12-17-5-4-10-23-17)11-15-13-22-18(19-15)14-6-8-16(21-2)9-7-14/h4-10,13H,3,11-12H2,1-2H3. The lowest BCUT2D eigenvalue weighted by Crippen LogP contribution is -2.21. The lowest BCUT2D eigenvalue weighted by molar-refractivity contribution is 0.270. The van der Waals surface area contributed by atoms with E-state index in [1.807, 2.05) is 24.3 Å². The Morgan fingerprint density at radius 2 is 2.00 bits per heavy atom. The molecule has 0 unspecified atom stereocenters. The second kappa shape index (κ2) is 7.44.